The third-order valence-corrected chi connectivity index (χ3v) is 12.2. The number of nitrogens with zero attached hydrogens (tertiary/aromatic N) is 11. The quantitative estimate of drug-likeness (QED) is 0.0461. The molecule has 0 radical (unpaired) electrons. The number of aromatic amines is 1. The van der Waals surface area contributed by atoms with Crippen molar-refractivity contribution in [2.75, 3.05) is 16.0 Å². The third kappa shape index (κ3) is 17.6. The number of aliphatic hydroxyl groups is 1. The summed E-state index contributed by atoms with van der Waals surface area (Å²) in [7, 11) is 0. The minimum Gasteiger partial charge on any atom is -0.387 e. The van der Waals surface area contributed by atoms with Crippen molar-refractivity contribution in [3.8, 4) is 11.9 Å². The van der Waals surface area contributed by atoms with Crippen LogP contribution in [0.3, 0.4) is 0 Å². The van der Waals surface area contributed by atoms with E-state index in [1.54, 1.807) is 61.9 Å². The molecule has 6 aromatic heterocycles. The van der Waals surface area contributed by atoms with Crippen molar-refractivity contribution in [2.24, 2.45) is 0 Å². The molecule has 6 aromatic rings. The Labute approximate surface area is 423 Å². The molecular formula is C48H60ClF6N15O3. The second kappa shape index (κ2) is 24.4. The molecule has 5 N–H and O–H groups in total. The molecule has 3 aliphatic rings. The summed E-state index contributed by atoms with van der Waals surface area (Å²) in [6, 6.07) is 10.3. The standard InChI is InChI=1S/C16H21F2N5O.C16H19F2N5O.C11H14ClF2N3.C5H6N2O/c2*1-10-9-14(20-12-3-6-16(17,18)7-4-12)21-15(19-10)23-8-5-13(22-23)11(2)24;1-7-6-9(17-10(12)15-7)16-8-2-4-11(13,14)5-3-8;1-4(8)5-2-3-6-7-5/h5,8-9,11-12,24H,3-4,6-7H2,1-2H3,(H,19,20,21);5,8-9,12H,3-4,6-7H2,1-2H3,(H,19,20,21);6,8H,2-5H2,1H3,(H,15,16,17);2-3H,1H3,(H,6,7). The van der Waals surface area contributed by atoms with Gasteiger partial charge in [-0.05, 0) is 96.0 Å². The van der Waals surface area contributed by atoms with Gasteiger partial charge < -0.3 is 21.1 Å². The lowest BCUT2D eigenvalue weighted by Crippen LogP contribution is -2.32. The number of aromatic nitrogens is 12. The second-order valence-corrected chi connectivity index (χ2v) is 18.8. The number of aryl methyl sites for hydroxylation is 3. The molecule has 3 aliphatic carbocycles. The number of ketones is 2. The van der Waals surface area contributed by atoms with E-state index in [0.717, 1.165) is 17.1 Å². The molecule has 0 saturated heterocycles. The van der Waals surface area contributed by atoms with Gasteiger partial charge in [-0.2, -0.15) is 25.3 Å². The van der Waals surface area contributed by atoms with E-state index in [1.165, 1.54) is 23.2 Å². The Kier molecular flexibility index (Phi) is 18.7. The lowest BCUT2D eigenvalue weighted by Gasteiger charge is -2.29. The van der Waals surface area contributed by atoms with Crippen molar-refractivity contribution in [3.05, 3.63) is 94.4 Å². The van der Waals surface area contributed by atoms with Crippen LogP contribution in [0.1, 0.15) is 148 Å². The van der Waals surface area contributed by atoms with Crippen LogP contribution in [0.25, 0.3) is 11.9 Å². The van der Waals surface area contributed by atoms with Crippen molar-refractivity contribution in [1.29, 1.82) is 0 Å². The van der Waals surface area contributed by atoms with Crippen LogP contribution >= 0.6 is 11.6 Å². The number of carbonyl (C=O) groups is 2. The van der Waals surface area contributed by atoms with Crippen LogP contribution in [-0.2, 0) is 0 Å². The van der Waals surface area contributed by atoms with Crippen molar-refractivity contribution < 1.29 is 41.0 Å². The molecule has 25 heteroatoms. The Morgan fingerprint density at radius 1 is 0.630 bits per heavy atom. The maximum atomic E-state index is 13.2. The van der Waals surface area contributed by atoms with E-state index < -0.39 is 23.9 Å². The minimum absolute atomic E-state index is 0.0162. The van der Waals surface area contributed by atoms with Crippen LogP contribution in [0.2, 0.25) is 5.28 Å². The predicted octanol–water partition coefficient (Wildman–Crippen LogP) is 10.2. The number of halogens is 7. The van der Waals surface area contributed by atoms with E-state index in [-0.39, 0.29) is 73.5 Å². The van der Waals surface area contributed by atoms with E-state index in [4.69, 9.17) is 11.6 Å². The number of Topliss-reactive ketones (excluding diaryl/α,β-unsaturated/α-hetero) is 2. The van der Waals surface area contributed by atoms with Gasteiger partial charge in [0.2, 0.25) is 23.1 Å². The molecule has 0 aliphatic heterocycles. The second-order valence-electron chi connectivity index (χ2n) is 18.5. The highest BCUT2D eigenvalue weighted by Gasteiger charge is 2.37. The lowest BCUT2D eigenvalue weighted by molar-refractivity contribution is -0.0366. The molecule has 3 fully saturated rings. The molecule has 6 heterocycles. The summed E-state index contributed by atoms with van der Waals surface area (Å²) in [5.74, 6) is -5.22. The van der Waals surface area contributed by atoms with Crippen molar-refractivity contribution in [3.63, 3.8) is 0 Å². The molecule has 394 valence electrons. The molecule has 1 atom stereocenters. The first kappa shape index (κ1) is 55.7. The maximum Gasteiger partial charge on any atom is 0.252 e. The fourth-order valence-corrected chi connectivity index (χ4v) is 8.22. The molecule has 18 nitrogen and oxygen atoms in total. The molecule has 0 bridgehead atoms. The smallest absolute Gasteiger partial charge is 0.252 e. The van der Waals surface area contributed by atoms with E-state index >= 15 is 0 Å². The minimum atomic E-state index is -2.55. The Hall–Kier alpha value is -6.56. The molecular weight excluding hydrogens is 984 g/mol. The first-order valence-electron chi connectivity index (χ1n) is 23.9. The highest BCUT2D eigenvalue weighted by molar-refractivity contribution is 6.28. The summed E-state index contributed by atoms with van der Waals surface area (Å²) in [6.45, 7) is 10.0. The maximum absolute atomic E-state index is 13.2. The first-order chi connectivity index (χ1) is 34.4. The zero-order valence-corrected chi connectivity index (χ0v) is 42.1. The van der Waals surface area contributed by atoms with Crippen LogP contribution in [0, 0.1) is 20.8 Å². The molecule has 1 unspecified atom stereocenters. The number of aliphatic hydroxyl groups excluding tert-OH is 1. The molecule has 73 heavy (non-hydrogen) atoms. The number of anilines is 3. The Balaban J connectivity index is 0.000000168. The van der Waals surface area contributed by atoms with Crippen LogP contribution < -0.4 is 16.0 Å². The Morgan fingerprint density at radius 2 is 1.04 bits per heavy atom. The van der Waals surface area contributed by atoms with Gasteiger partial charge in [-0.1, -0.05) is 0 Å². The van der Waals surface area contributed by atoms with Crippen LogP contribution in [0.5, 0.6) is 0 Å². The highest BCUT2D eigenvalue weighted by Crippen LogP contribution is 2.36. The normalized spacial score (nSPS) is 17.8. The molecule has 0 spiro atoms. The number of nitrogens with one attached hydrogen (secondary N) is 4. The van der Waals surface area contributed by atoms with Gasteiger partial charge in [0.15, 0.2) is 11.6 Å². The zero-order valence-electron chi connectivity index (χ0n) is 41.3. The third-order valence-electron chi connectivity index (χ3n) is 12.0. The van der Waals surface area contributed by atoms with E-state index in [9.17, 15) is 41.0 Å². The summed E-state index contributed by atoms with van der Waals surface area (Å²) < 4.78 is 81.8. The molecule has 3 saturated carbocycles. The average Bonchev–Trinajstić information content (AvgIpc) is 4.13. The summed E-state index contributed by atoms with van der Waals surface area (Å²) >= 11 is 5.73. The Bertz CT molecular complexity index is 2720. The van der Waals surface area contributed by atoms with E-state index in [1.807, 2.05) is 20.8 Å². The van der Waals surface area contributed by atoms with Gasteiger partial charge in [-0.25, -0.2) is 55.6 Å². The molecule has 0 aromatic carbocycles. The average molecular weight is 1040 g/mol. The number of rotatable bonds is 11. The lowest BCUT2D eigenvalue weighted by atomic mass is 9.92. The van der Waals surface area contributed by atoms with Crippen LogP contribution in [0.15, 0.2) is 55.0 Å². The van der Waals surface area contributed by atoms with Crippen molar-refractivity contribution in [1.82, 2.24) is 59.7 Å². The van der Waals surface area contributed by atoms with Gasteiger partial charge in [0, 0.05) is 124 Å². The largest absolute Gasteiger partial charge is 0.387 e. The fraction of sp³-hybridized carbons (Fsp3) is 0.521. The zero-order chi connectivity index (χ0) is 53.1. The van der Waals surface area contributed by atoms with Gasteiger partial charge in [0.25, 0.3) is 11.9 Å². The highest BCUT2D eigenvalue weighted by atomic mass is 35.5. The van der Waals surface area contributed by atoms with Crippen molar-refractivity contribution >= 4 is 40.6 Å². The summed E-state index contributed by atoms with van der Waals surface area (Å²) in [5, 5.41) is 33.8. The first-order valence-corrected chi connectivity index (χ1v) is 24.2. The van der Waals surface area contributed by atoms with Gasteiger partial charge in [-0.15, -0.1) is 0 Å². The monoisotopic (exact) mass is 1040 g/mol. The summed E-state index contributed by atoms with van der Waals surface area (Å²) in [6.07, 6.45) is 6.18. The number of alkyl halides is 6. The molecule has 9 rings (SSSR count). The van der Waals surface area contributed by atoms with Gasteiger partial charge >= 0.3 is 0 Å². The number of hydrogen-bond acceptors (Lipinski definition) is 15. The van der Waals surface area contributed by atoms with Gasteiger partial charge in [0.05, 0.1) is 11.8 Å². The van der Waals surface area contributed by atoms with Gasteiger partial charge in [0.1, 0.15) is 28.8 Å². The van der Waals surface area contributed by atoms with Crippen LogP contribution in [0.4, 0.5) is 43.8 Å². The predicted molar refractivity (Wildman–Crippen MR) is 261 cm³/mol. The van der Waals surface area contributed by atoms with E-state index in [2.05, 4.69) is 66.2 Å². The topological polar surface area (TPSA) is 232 Å². The summed E-state index contributed by atoms with van der Waals surface area (Å²) in [4.78, 5) is 47.2. The van der Waals surface area contributed by atoms with Crippen molar-refractivity contribution in [2.45, 2.75) is 161 Å². The van der Waals surface area contributed by atoms with E-state index in [0.29, 0.717) is 85.0 Å². The fourth-order valence-electron chi connectivity index (χ4n) is 7.99. The number of H-pyrrole nitrogens is 1. The molecule has 0 amide bonds. The number of carbonyl (C=O) groups excluding carboxylic acids is 2. The SMILES string of the molecule is CC(=O)c1ccn(-c2nc(C)cc(NC3CCC(F)(F)CC3)n2)n1.CC(=O)c1ccn[nH]1.Cc1cc(NC2CCC(F)(F)CC2)nc(-n2ccc(C(C)O)n2)n1.Cc1cc(NC2CCC(F)(F)CC2)nc(Cl)n1. The Morgan fingerprint density at radius 3 is 1.38 bits per heavy atom. The van der Waals surface area contributed by atoms with Crippen LogP contribution in [-0.4, -0.2) is 112 Å². The summed E-state index contributed by atoms with van der Waals surface area (Å²) in [5.41, 5.74) is 3.66. The van der Waals surface area contributed by atoms with Gasteiger partial charge in [-0.3, -0.25) is 14.7 Å². The number of hydrogen-bond donors (Lipinski definition) is 5.